The first-order valence-electron chi connectivity index (χ1n) is 6.61. The minimum atomic E-state index is -0.576. The number of hydrogen-bond donors (Lipinski definition) is 1. The van der Waals surface area contributed by atoms with Crippen LogP contribution in [-0.4, -0.2) is 28.8 Å². The van der Waals surface area contributed by atoms with Gasteiger partial charge in [-0.15, -0.1) is 0 Å². The topological polar surface area (TPSA) is 89.5 Å². The van der Waals surface area contributed by atoms with Gasteiger partial charge >= 0.3 is 0 Å². The molecule has 0 fully saturated rings. The van der Waals surface area contributed by atoms with Crippen molar-refractivity contribution in [3.63, 3.8) is 0 Å². The molecule has 0 aliphatic rings. The number of rotatable bonds is 6. The summed E-state index contributed by atoms with van der Waals surface area (Å²) in [6.07, 6.45) is 0.812. The monoisotopic (exact) mass is 279 g/mol. The fourth-order valence-corrected chi connectivity index (χ4v) is 1.91. The predicted molar refractivity (Wildman–Crippen MR) is 77.0 cm³/mol. The van der Waals surface area contributed by atoms with Crippen molar-refractivity contribution in [2.45, 2.75) is 32.9 Å². The predicted octanol–water partition coefficient (Wildman–Crippen LogP) is 1.93. The van der Waals surface area contributed by atoms with Crippen molar-refractivity contribution >= 4 is 11.6 Å². The van der Waals surface area contributed by atoms with Gasteiger partial charge in [-0.3, -0.25) is 14.9 Å². The first kappa shape index (κ1) is 16.1. The highest BCUT2D eigenvalue weighted by atomic mass is 16.6. The van der Waals surface area contributed by atoms with Crippen molar-refractivity contribution < 1.29 is 9.72 Å². The number of carbonyl (C=O) groups excluding carboxylic acids is 1. The zero-order valence-corrected chi connectivity index (χ0v) is 12.1. The lowest BCUT2D eigenvalue weighted by Crippen LogP contribution is -2.45. The first-order chi connectivity index (χ1) is 9.38. The molecule has 1 aromatic rings. The third-order valence-electron chi connectivity index (χ3n) is 3.51. The number of para-hydroxylation sites is 1. The first-order valence-corrected chi connectivity index (χ1v) is 6.61. The van der Waals surface area contributed by atoms with Crippen LogP contribution < -0.4 is 5.73 Å². The van der Waals surface area contributed by atoms with Crippen LogP contribution in [0, 0.1) is 16.0 Å². The summed E-state index contributed by atoms with van der Waals surface area (Å²) in [7, 11) is 1.61. The molecule has 110 valence electrons. The molecule has 0 unspecified atom stereocenters. The van der Waals surface area contributed by atoms with Gasteiger partial charge in [0.1, 0.15) is 0 Å². The molecule has 0 saturated carbocycles. The van der Waals surface area contributed by atoms with Gasteiger partial charge in [-0.05, 0) is 5.92 Å². The molecule has 1 rings (SSSR count). The zero-order valence-electron chi connectivity index (χ0n) is 12.1. The van der Waals surface area contributed by atoms with Crippen molar-refractivity contribution in [3.8, 4) is 0 Å². The number of likely N-dealkylation sites (N-methyl/N-ethyl adjacent to an activating group) is 1. The van der Waals surface area contributed by atoms with Gasteiger partial charge < -0.3 is 10.6 Å². The third kappa shape index (κ3) is 3.77. The number of nitrogens with zero attached hydrogens (tertiary/aromatic N) is 2. The summed E-state index contributed by atoms with van der Waals surface area (Å²) in [5, 5.41) is 10.9. The van der Waals surface area contributed by atoms with Crippen LogP contribution in [-0.2, 0) is 11.3 Å². The standard InChI is InChI=1S/C14H21N3O3/c1-4-10(2)13(15)14(18)16(3)9-11-7-5-6-8-12(11)17(19)20/h5-8,10,13H,4,9,15H2,1-3H3/t10-,13-/m0/s1. The second-order valence-electron chi connectivity index (χ2n) is 4.99. The highest BCUT2D eigenvalue weighted by Crippen LogP contribution is 2.19. The van der Waals surface area contributed by atoms with E-state index < -0.39 is 11.0 Å². The van der Waals surface area contributed by atoms with Crippen LogP contribution in [0.25, 0.3) is 0 Å². The maximum absolute atomic E-state index is 12.2. The van der Waals surface area contributed by atoms with Crippen molar-refractivity contribution in [1.82, 2.24) is 4.90 Å². The largest absolute Gasteiger partial charge is 0.340 e. The van der Waals surface area contributed by atoms with Gasteiger partial charge in [0, 0.05) is 18.7 Å². The summed E-state index contributed by atoms with van der Waals surface area (Å²) in [6, 6.07) is 5.83. The maximum atomic E-state index is 12.2. The molecule has 0 bridgehead atoms. The lowest BCUT2D eigenvalue weighted by molar-refractivity contribution is -0.385. The smallest absolute Gasteiger partial charge is 0.274 e. The SMILES string of the molecule is CC[C@H](C)[C@H](N)C(=O)N(C)Cc1ccccc1[N+](=O)[O-]. The Kier molecular flexibility index (Phi) is 5.64. The van der Waals surface area contributed by atoms with Gasteiger partial charge in [-0.2, -0.15) is 0 Å². The van der Waals surface area contributed by atoms with Gasteiger partial charge in [-0.25, -0.2) is 0 Å². The van der Waals surface area contributed by atoms with E-state index >= 15 is 0 Å². The Hall–Kier alpha value is -1.95. The summed E-state index contributed by atoms with van der Waals surface area (Å²) in [5.41, 5.74) is 6.42. The average Bonchev–Trinajstić information content (AvgIpc) is 2.45. The normalized spacial score (nSPS) is 13.6. The quantitative estimate of drug-likeness (QED) is 0.636. The van der Waals surface area contributed by atoms with Crippen molar-refractivity contribution in [1.29, 1.82) is 0 Å². The van der Waals surface area contributed by atoms with Crippen LogP contribution in [0.15, 0.2) is 24.3 Å². The van der Waals surface area contributed by atoms with E-state index in [2.05, 4.69) is 0 Å². The number of nitrogens with two attached hydrogens (primary N) is 1. The van der Waals surface area contributed by atoms with Crippen LogP contribution >= 0.6 is 0 Å². The van der Waals surface area contributed by atoms with E-state index in [0.717, 1.165) is 6.42 Å². The van der Waals surface area contributed by atoms with Gasteiger partial charge in [-0.1, -0.05) is 38.5 Å². The van der Waals surface area contributed by atoms with E-state index in [-0.39, 0.29) is 24.1 Å². The Morgan fingerprint density at radius 3 is 2.60 bits per heavy atom. The van der Waals surface area contributed by atoms with E-state index in [1.165, 1.54) is 11.0 Å². The van der Waals surface area contributed by atoms with Gasteiger partial charge in [0.05, 0.1) is 17.5 Å². The number of carbonyl (C=O) groups is 1. The fourth-order valence-electron chi connectivity index (χ4n) is 1.91. The van der Waals surface area contributed by atoms with Crippen LogP contribution in [0.2, 0.25) is 0 Å². The van der Waals surface area contributed by atoms with Crippen LogP contribution in [0.5, 0.6) is 0 Å². The molecule has 6 heteroatoms. The molecule has 1 aromatic carbocycles. The molecule has 0 aliphatic heterocycles. The van der Waals surface area contributed by atoms with E-state index in [0.29, 0.717) is 5.56 Å². The maximum Gasteiger partial charge on any atom is 0.274 e. The summed E-state index contributed by atoms with van der Waals surface area (Å²) >= 11 is 0. The third-order valence-corrected chi connectivity index (χ3v) is 3.51. The van der Waals surface area contributed by atoms with Crippen molar-refractivity contribution in [2.75, 3.05) is 7.05 Å². The number of hydrogen-bond acceptors (Lipinski definition) is 4. The van der Waals surface area contributed by atoms with Crippen molar-refractivity contribution in [2.24, 2.45) is 11.7 Å². The minimum absolute atomic E-state index is 0.0178. The molecule has 6 nitrogen and oxygen atoms in total. The van der Waals surface area contributed by atoms with Crippen LogP contribution in [0.3, 0.4) is 0 Å². The Morgan fingerprint density at radius 1 is 1.45 bits per heavy atom. The molecule has 0 aromatic heterocycles. The van der Waals surface area contributed by atoms with Crippen LogP contribution in [0.1, 0.15) is 25.8 Å². The second kappa shape index (κ2) is 7.00. The summed E-state index contributed by atoms with van der Waals surface area (Å²) in [6.45, 7) is 4.07. The van der Waals surface area contributed by atoms with Crippen LogP contribution in [0.4, 0.5) is 5.69 Å². The van der Waals surface area contributed by atoms with Gasteiger partial charge in [0.25, 0.3) is 5.69 Å². The average molecular weight is 279 g/mol. The summed E-state index contributed by atoms with van der Waals surface area (Å²) in [4.78, 5) is 24.1. The number of nitro benzene ring substituents is 1. The van der Waals surface area contributed by atoms with Gasteiger partial charge in [0.2, 0.25) is 5.91 Å². The zero-order chi connectivity index (χ0) is 15.3. The molecule has 0 saturated heterocycles. The molecule has 2 atom stereocenters. The van der Waals surface area contributed by atoms with E-state index in [4.69, 9.17) is 5.73 Å². The highest BCUT2D eigenvalue weighted by Gasteiger charge is 2.24. The van der Waals surface area contributed by atoms with E-state index in [9.17, 15) is 14.9 Å². The molecule has 1 amide bonds. The second-order valence-corrected chi connectivity index (χ2v) is 4.99. The minimum Gasteiger partial charge on any atom is -0.340 e. The molecule has 0 aliphatic carbocycles. The summed E-state index contributed by atoms with van der Waals surface area (Å²) < 4.78 is 0. The molecular formula is C14H21N3O3. The molecule has 0 spiro atoms. The van der Waals surface area contributed by atoms with E-state index in [1.807, 2.05) is 13.8 Å². The lowest BCUT2D eigenvalue weighted by atomic mass is 9.99. The lowest BCUT2D eigenvalue weighted by Gasteiger charge is -2.24. The van der Waals surface area contributed by atoms with Gasteiger partial charge in [0.15, 0.2) is 0 Å². The summed E-state index contributed by atoms with van der Waals surface area (Å²) in [5.74, 6) is -0.117. The molecule has 0 radical (unpaired) electrons. The Bertz CT molecular complexity index is 490. The Balaban J connectivity index is 2.83. The van der Waals surface area contributed by atoms with E-state index in [1.54, 1.807) is 25.2 Å². The number of nitro groups is 1. The molecule has 0 heterocycles. The number of benzene rings is 1. The highest BCUT2D eigenvalue weighted by molar-refractivity contribution is 5.81. The fraction of sp³-hybridized carbons (Fsp3) is 0.500. The Labute approximate surface area is 118 Å². The molecule has 2 N–H and O–H groups in total. The number of amides is 1. The molecular weight excluding hydrogens is 258 g/mol. The Morgan fingerprint density at radius 2 is 2.05 bits per heavy atom. The molecule has 20 heavy (non-hydrogen) atoms. The van der Waals surface area contributed by atoms with Crippen molar-refractivity contribution in [3.05, 3.63) is 39.9 Å².